The molecule has 2 aliphatic heterocycles. The summed E-state index contributed by atoms with van der Waals surface area (Å²) in [5.74, 6) is 0.462. The topological polar surface area (TPSA) is 64.6 Å². The first kappa shape index (κ1) is 10.9. The summed E-state index contributed by atoms with van der Waals surface area (Å²) in [5.41, 5.74) is 0. The van der Waals surface area contributed by atoms with Gasteiger partial charge in [-0.3, -0.25) is 4.79 Å². The molecule has 0 aromatic heterocycles. The Balaban J connectivity index is 1.85. The number of amides is 1. The lowest BCUT2D eigenvalue weighted by Crippen LogP contribution is -2.56. The van der Waals surface area contributed by atoms with Crippen molar-refractivity contribution in [2.24, 2.45) is 5.92 Å². The largest absolute Gasteiger partial charge is 0.396 e. The lowest BCUT2D eigenvalue weighted by molar-refractivity contribution is -0.132. The molecule has 5 heteroatoms. The Morgan fingerprint density at radius 1 is 1.47 bits per heavy atom. The van der Waals surface area contributed by atoms with E-state index in [0.717, 1.165) is 32.6 Å². The molecule has 2 unspecified atom stereocenters. The van der Waals surface area contributed by atoms with Gasteiger partial charge < -0.3 is 20.6 Å². The second-order valence-electron chi connectivity index (χ2n) is 4.33. The third-order valence-corrected chi connectivity index (χ3v) is 3.19. The second-order valence-corrected chi connectivity index (χ2v) is 4.33. The van der Waals surface area contributed by atoms with Crippen LogP contribution in [0.4, 0.5) is 0 Å². The van der Waals surface area contributed by atoms with Gasteiger partial charge in [-0.15, -0.1) is 0 Å². The number of carbonyl (C=O) groups excluding carboxylic acids is 1. The predicted octanol–water partition coefficient (Wildman–Crippen LogP) is -1.61. The van der Waals surface area contributed by atoms with E-state index in [9.17, 15) is 4.79 Å². The standard InChI is InChI=1S/C10H19N3O2/c14-7-8-1-4-13(6-8)10(15)9-5-11-2-3-12-9/h8-9,11-12,14H,1-7H2. The molecule has 0 saturated carbocycles. The molecule has 0 aromatic carbocycles. The third kappa shape index (κ3) is 2.48. The molecule has 0 aliphatic carbocycles. The Bertz CT molecular complexity index is 229. The lowest BCUT2D eigenvalue weighted by atomic mass is 10.1. The minimum absolute atomic E-state index is 0.0730. The number of nitrogens with one attached hydrogen (secondary N) is 2. The van der Waals surface area contributed by atoms with Gasteiger partial charge in [0.15, 0.2) is 0 Å². The van der Waals surface area contributed by atoms with Gasteiger partial charge >= 0.3 is 0 Å². The summed E-state index contributed by atoms with van der Waals surface area (Å²) in [6.07, 6.45) is 0.933. The molecule has 15 heavy (non-hydrogen) atoms. The van der Waals surface area contributed by atoms with Crippen LogP contribution < -0.4 is 10.6 Å². The summed E-state index contributed by atoms with van der Waals surface area (Å²) in [6.45, 7) is 4.21. The number of hydrogen-bond acceptors (Lipinski definition) is 4. The highest BCUT2D eigenvalue weighted by Crippen LogP contribution is 2.16. The highest BCUT2D eigenvalue weighted by atomic mass is 16.3. The highest BCUT2D eigenvalue weighted by molar-refractivity contribution is 5.82. The van der Waals surface area contributed by atoms with Gasteiger partial charge in [-0.2, -0.15) is 0 Å². The summed E-state index contributed by atoms with van der Waals surface area (Å²) in [5, 5.41) is 15.4. The van der Waals surface area contributed by atoms with E-state index >= 15 is 0 Å². The van der Waals surface area contributed by atoms with Crippen LogP contribution in [0.1, 0.15) is 6.42 Å². The molecule has 3 N–H and O–H groups in total. The van der Waals surface area contributed by atoms with Crippen molar-refractivity contribution in [2.75, 3.05) is 39.3 Å². The van der Waals surface area contributed by atoms with Crippen LogP contribution in [-0.2, 0) is 4.79 Å². The molecule has 0 bridgehead atoms. The minimum atomic E-state index is -0.0730. The summed E-state index contributed by atoms with van der Waals surface area (Å²) >= 11 is 0. The van der Waals surface area contributed by atoms with Crippen LogP contribution in [0, 0.1) is 5.92 Å². The molecule has 86 valence electrons. The van der Waals surface area contributed by atoms with E-state index in [1.54, 1.807) is 0 Å². The zero-order chi connectivity index (χ0) is 10.7. The number of nitrogens with zero attached hydrogens (tertiary/aromatic N) is 1. The summed E-state index contributed by atoms with van der Waals surface area (Å²) < 4.78 is 0. The molecule has 2 fully saturated rings. The molecule has 2 saturated heterocycles. The number of aliphatic hydroxyl groups excluding tert-OH is 1. The quantitative estimate of drug-likeness (QED) is 0.516. The molecule has 1 amide bonds. The van der Waals surface area contributed by atoms with Crippen LogP contribution in [0.2, 0.25) is 0 Å². The lowest BCUT2D eigenvalue weighted by Gasteiger charge is -2.27. The number of carbonyl (C=O) groups is 1. The first-order valence-electron chi connectivity index (χ1n) is 5.65. The molecule has 2 heterocycles. The van der Waals surface area contributed by atoms with Gasteiger partial charge in [0, 0.05) is 45.2 Å². The fourth-order valence-corrected chi connectivity index (χ4v) is 2.23. The maximum absolute atomic E-state index is 12.0. The molecule has 2 aliphatic rings. The van der Waals surface area contributed by atoms with Crippen molar-refractivity contribution in [3.05, 3.63) is 0 Å². The fourth-order valence-electron chi connectivity index (χ4n) is 2.23. The molecule has 0 spiro atoms. The van der Waals surface area contributed by atoms with Gasteiger partial charge in [0.1, 0.15) is 0 Å². The molecule has 5 nitrogen and oxygen atoms in total. The molecule has 2 atom stereocenters. The third-order valence-electron chi connectivity index (χ3n) is 3.19. The van der Waals surface area contributed by atoms with E-state index in [4.69, 9.17) is 5.11 Å². The van der Waals surface area contributed by atoms with Crippen molar-refractivity contribution in [1.82, 2.24) is 15.5 Å². The average molecular weight is 213 g/mol. The van der Waals surface area contributed by atoms with Gasteiger partial charge in [-0.1, -0.05) is 0 Å². The number of piperazine rings is 1. The molecule has 0 aromatic rings. The maximum Gasteiger partial charge on any atom is 0.241 e. The Morgan fingerprint density at radius 3 is 2.93 bits per heavy atom. The predicted molar refractivity (Wildman–Crippen MR) is 56.4 cm³/mol. The molecule has 0 radical (unpaired) electrons. The van der Waals surface area contributed by atoms with Crippen molar-refractivity contribution in [3.63, 3.8) is 0 Å². The van der Waals surface area contributed by atoms with Crippen molar-refractivity contribution in [2.45, 2.75) is 12.5 Å². The van der Waals surface area contributed by atoms with Crippen LogP contribution in [0.25, 0.3) is 0 Å². The Kier molecular flexibility index (Phi) is 3.56. The smallest absolute Gasteiger partial charge is 0.241 e. The fraction of sp³-hybridized carbons (Fsp3) is 0.900. The van der Waals surface area contributed by atoms with Gasteiger partial charge in [0.25, 0.3) is 0 Å². The van der Waals surface area contributed by atoms with E-state index in [-0.39, 0.29) is 24.5 Å². The van der Waals surface area contributed by atoms with Crippen molar-refractivity contribution in [3.8, 4) is 0 Å². The van der Waals surface area contributed by atoms with Crippen molar-refractivity contribution < 1.29 is 9.90 Å². The van der Waals surface area contributed by atoms with E-state index < -0.39 is 0 Å². The van der Waals surface area contributed by atoms with E-state index in [1.807, 2.05) is 4.90 Å². The van der Waals surface area contributed by atoms with E-state index in [1.165, 1.54) is 0 Å². The Morgan fingerprint density at radius 2 is 2.33 bits per heavy atom. The zero-order valence-corrected chi connectivity index (χ0v) is 8.91. The number of rotatable bonds is 2. The Labute approximate surface area is 89.8 Å². The molecular weight excluding hydrogens is 194 g/mol. The highest BCUT2D eigenvalue weighted by Gasteiger charge is 2.30. The van der Waals surface area contributed by atoms with Crippen LogP contribution >= 0.6 is 0 Å². The number of hydrogen-bond donors (Lipinski definition) is 3. The normalized spacial score (nSPS) is 31.9. The van der Waals surface area contributed by atoms with Crippen molar-refractivity contribution >= 4 is 5.91 Å². The molecular formula is C10H19N3O2. The summed E-state index contributed by atoms with van der Waals surface area (Å²) in [4.78, 5) is 13.9. The summed E-state index contributed by atoms with van der Waals surface area (Å²) in [7, 11) is 0. The SMILES string of the molecule is O=C(C1CNCCN1)N1CCC(CO)C1. The van der Waals surface area contributed by atoms with Gasteiger partial charge in [0.05, 0.1) is 6.04 Å². The minimum Gasteiger partial charge on any atom is -0.396 e. The molecule has 2 rings (SSSR count). The van der Waals surface area contributed by atoms with Crippen LogP contribution in [-0.4, -0.2) is 61.3 Å². The van der Waals surface area contributed by atoms with Gasteiger partial charge in [-0.25, -0.2) is 0 Å². The van der Waals surface area contributed by atoms with Crippen molar-refractivity contribution in [1.29, 1.82) is 0 Å². The monoisotopic (exact) mass is 213 g/mol. The van der Waals surface area contributed by atoms with Gasteiger partial charge in [0.2, 0.25) is 5.91 Å². The Hall–Kier alpha value is -0.650. The van der Waals surface area contributed by atoms with E-state index in [0.29, 0.717) is 6.54 Å². The number of aliphatic hydroxyl groups is 1. The number of likely N-dealkylation sites (tertiary alicyclic amines) is 1. The van der Waals surface area contributed by atoms with Crippen LogP contribution in [0.5, 0.6) is 0 Å². The first-order chi connectivity index (χ1) is 7.31. The maximum atomic E-state index is 12.0. The summed E-state index contributed by atoms with van der Waals surface area (Å²) in [6, 6.07) is -0.0730. The first-order valence-corrected chi connectivity index (χ1v) is 5.65. The van der Waals surface area contributed by atoms with Crippen LogP contribution in [0.15, 0.2) is 0 Å². The van der Waals surface area contributed by atoms with E-state index in [2.05, 4.69) is 10.6 Å². The van der Waals surface area contributed by atoms with Crippen LogP contribution in [0.3, 0.4) is 0 Å². The van der Waals surface area contributed by atoms with Gasteiger partial charge in [-0.05, 0) is 6.42 Å². The zero-order valence-electron chi connectivity index (χ0n) is 8.91. The average Bonchev–Trinajstić information content (AvgIpc) is 2.78. The second kappa shape index (κ2) is 4.92.